The largest absolute Gasteiger partial charge is 0.489 e. The molecule has 2 amide bonds. The Morgan fingerprint density at radius 2 is 1.97 bits per heavy atom. The maximum Gasteiger partial charge on any atom is 0.410 e. The SMILES string of the molecule is CC(NC(=O)C1CCCN(C(=O)OC(C)(C)C)C1)c1ccc(OCc2cccnc2)cc1. The Morgan fingerprint density at radius 1 is 1.22 bits per heavy atom. The number of hydrogen-bond donors (Lipinski definition) is 1. The highest BCUT2D eigenvalue weighted by atomic mass is 16.6. The van der Waals surface area contributed by atoms with Gasteiger partial charge in [-0.05, 0) is 64.3 Å². The number of amides is 2. The van der Waals surface area contributed by atoms with Gasteiger partial charge in [-0.1, -0.05) is 18.2 Å². The summed E-state index contributed by atoms with van der Waals surface area (Å²) in [6.45, 7) is 8.94. The monoisotopic (exact) mass is 439 g/mol. The molecule has 1 N–H and O–H groups in total. The van der Waals surface area contributed by atoms with Crippen LogP contribution in [0.5, 0.6) is 5.75 Å². The van der Waals surface area contributed by atoms with Crippen molar-refractivity contribution in [3.63, 3.8) is 0 Å². The van der Waals surface area contributed by atoms with Gasteiger partial charge in [-0.2, -0.15) is 0 Å². The smallest absolute Gasteiger partial charge is 0.410 e. The molecule has 1 aromatic carbocycles. The first kappa shape index (κ1) is 23.6. The van der Waals surface area contributed by atoms with Gasteiger partial charge in [-0.3, -0.25) is 9.78 Å². The van der Waals surface area contributed by atoms with Crippen LogP contribution in [0.25, 0.3) is 0 Å². The molecular formula is C25H33N3O4. The summed E-state index contributed by atoms with van der Waals surface area (Å²) in [6.07, 6.45) is 4.70. The third-order valence-corrected chi connectivity index (χ3v) is 5.31. The van der Waals surface area contributed by atoms with E-state index in [0.29, 0.717) is 19.7 Å². The van der Waals surface area contributed by atoms with Crippen molar-refractivity contribution in [2.24, 2.45) is 5.92 Å². The van der Waals surface area contributed by atoms with Crippen LogP contribution in [0.4, 0.5) is 4.79 Å². The van der Waals surface area contributed by atoms with Crippen molar-refractivity contribution in [2.75, 3.05) is 13.1 Å². The number of nitrogens with one attached hydrogen (secondary N) is 1. The van der Waals surface area contributed by atoms with Crippen LogP contribution in [0.15, 0.2) is 48.8 Å². The van der Waals surface area contributed by atoms with Crippen molar-refractivity contribution in [2.45, 2.75) is 58.8 Å². The number of hydrogen-bond acceptors (Lipinski definition) is 5. The molecule has 0 aliphatic carbocycles. The van der Waals surface area contributed by atoms with E-state index < -0.39 is 5.60 Å². The van der Waals surface area contributed by atoms with Crippen molar-refractivity contribution in [1.29, 1.82) is 0 Å². The van der Waals surface area contributed by atoms with Crippen LogP contribution in [0, 0.1) is 5.92 Å². The van der Waals surface area contributed by atoms with Crippen LogP contribution in [-0.4, -0.2) is 40.6 Å². The molecule has 2 aromatic rings. The minimum Gasteiger partial charge on any atom is -0.489 e. The average molecular weight is 440 g/mol. The molecular weight excluding hydrogens is 406 g/mol. The Morgan fingerprint density at radius 3 is 2.62 bits per heavy atom. The van der Waals surface area contributed by atoms with Gasteiger partial charge in [0.05, 0.1) is 12.0 Å². The van der Waals surface area contributed by atoms with E-state index in [4.69, 9.17) is 9.47 Å². The summed E-state index contributed by atoms with van der Waals surface area (Å²) in [5.41, 5.74) is 1.45. The highest BCUT2D eigenvalue weighted by Crippen LogP contribution is 2.22. The van der Waals surface area contributed by atoms with Crippen molar-refractivity contribution < 1.29 is 19.1 Å². The fourth-order valence-electron chi connectivity index (χ4n) is 3.60. The van der Waals surface area contributed by atoms with E-state index in [2.05, 4.69) is 10.3 Å². The normalized spacial score (nSPS) is 17.4. The lowest BCUT2D eigenvalue weighted by Gasteiger charge is -2.34. The van der Waals surface area contributed by atoms with Crippen LogP contribution in [0.3, 0.4) is 0 Å². The second kappa shape index (κ2) is 10.5. The van der Waals surface area contributed by atoms with E-state index in [1.807, 2.05) is 64.1 Å². The van der Waals surface area contributed by atoms with Crippen molar-refractivity contribution in [3.8, 4) is 5.75 Å². The number of likely N-dealkylation sites (tertiary alicyclic amines) is 1. The van der Waals surface area contributed by atoms with E-state index in [0.717, 1.165) is 29.7 Å². The van der Waals surface area contributed by atoms with Gasteiger partial charge < -0.3 is 19.7 Å². The molecule has 0 spiro atoms. The zero-order chi connectivity index (χ0) is 23.1. The van der Waals surface area contributed by atoms with E-state index in [1.165, 1.54) is 0 Å². The van der Waals surface area contributed by atoms with Crippen LogP contribution < -0.4 is 10.1 Å². The van der Waals surface area contributed by atoms with E-state index in [9.17, 15) is 9.59 Å². The molecule has 1 fully saturated rings. The van der Waals surface area contributed by atoms with Crippen molar-refractivity contribution in [1.82, 2.24) is 15.2 Å². The maximum atomic E-state index is 12.8. The number of pyridine rings is 1. The molecule has 3 rings (SSSR count). The number of nitrogens with zero attached hydrogens (tertiary/aromatic N) is 2. The summed E-state index contributed by atoms with van der Waals surface area (Å²) < 4.78 is 11.2. The predicted octanol–water partition coefficient (Wildman–Crippen LogP) is 4.48. The lowest BCUT2D eigenvalue weighted by atomic mass is 9.96. The molecule has 32 heavy (non-hydrogen) atoms. The maximum absolute atomic E-state index is 12.8. The number of ether oxygens (including phenoxy) is 2. The average Bonchev–Trinajstić information content (AvgIpc) is 2.77. The third kappa shape index (κ3) is 6.97. The number of benzene rings is 1. The molecule has 0 saturated carbocycles. The summed E-state index contributed by atoms with van der Waals surface area (Å²) >= 11 is 0. The molecule has 2 unspecified atom stereocenters. The van der Waals surface area contributed by atoms with Crippen LogP contribution in [0.2, 0.25) is 0 Å². The lowest BCUT2D eigenvalue weighted by molar-refractivity contribution is -0.127. The van der Waals surface area contributed by atoms with Gasteiger partial charge in [0.1, 0.15) is 18.0 Å². The Balaban J connectivity index is 1.50. The van der Waals surface area contributed by atoms with Gasteiger partial charge in [-0.25, -0.2) is 4.79 Å². The first-order valence-corrected chi connectivity index (χ1v) is 11.1. The van der Waals surface area contributed by atoms with E-state index in [-0.39, 0.29) is 24.0 Å². The molecule has 1 aromatic heterocycles. The van der Waals surface area contributed by atoms with Gasteiger partial charge >= 0.3 is 6.09 Å². The first-order chi connectivity index (χ1) is 15.2. The second-order valence-corrected chi connectivity index (χ2v) is 9.21. The zero-order valence-electron chi connectivity index (χ0n) is 19.3. The van der Waals surface area contributed by atoms with Gasteiger partial charge in [0.2, 0.25) is 5.91 Å². The minimum absolute atomic E-state index is 0.0392. The topological polar surface area (TPSA) is 80.8 Å². The van der Waals surface area contributed by atoms with Crippen molar-refractivity contribution >= 4 is 12.0 Å². The number of aromatic nitrogens is 1. The van der Waals surface area contributed by atoms with Gasteiger partial charge in [0, 0.05) is 31.0 Å². The molecule has 2 atom stereocenters. The minimum atomic E-state index is -0.547. The fourth-order valence-corrected chi connectivity index (χ4v) is 3.60. The highest BCUT2D eigenvalue weighted by Gasteiger charge is 2.31. The van der Waals surface area contributed by atoms with Crippen LogP contribution in [0.1, 0.15) is 57.7 Å². The summed E-state index contributed by atoms with van der Waals surface area (Å²) in [4.78, 5) is 30.9. The van der Waals surface area contributed by atoms with E-state index >= 15 is 0 Å². The van der Waals surface area contributed by atoms with Gasteiger partial charge in [-0.15, -0.1) is 0 Å². The zero-order valence-corrected chi connectivity index (χ0v) is 19.3. The molecule has 1 aliphatic heterocycles. The quantitative estimate of drug-likeness (QED) is 0.718. The molecule has 7 heteroatoms. The molecule has 2 heterocycles. The molecule has 0 radical (unpaired) electrons. The number of carbonyl (C=O) groups excluding carboxylic acids is 2. The summed E-state index contributed by atoms with van der Waals surface area (Å²) in [5.74, 6) is 0.486. The second-order valence-electron chi connectivity index (χ2n) is 9.21. The number of piperidine rings is 1. The Labute approximate surface area is 190 Å². The molecule has 0 bridgehead atoms. The molecule has 7 nitrogen and oxygen atoms in total. The summed E-state index contributed by atoms with van der Waals surface area (Å²) in [5, 5.41) is 3.08. The number of rotatable bonds is 6. The fraction of sp³-hybridized carbons (Fsp3) is 0.480. The number of carbonyl (C=O) groups is 2. The summed E-state index contributed by atoms with van der Waals surface area (Å²) in [6, 6.07) is 11.4. The lowest BCUT2D eigenvalue weighted by Crippen LogP contribution is -2.47. The molecule has 172 valence electrons. The van der Waals surface area contributed by atoms with E-state index in [1.54, 1.807) is 17.3 Å². The van der Waals surface area contributed by atoms with Crippen LogP contribution in [-0.2, 0) is 16.1 Å². The first-order valence-electron chi connectivity index (χ1n) is 11.1. The Hall–Kier alpha value is -3.09. The molecule has 1 saturated heterocycles. The molecule has 1 aliphatic rings. The van der Waals surface area contributed by atoms with Crippen molar-refractivity contribution in [3.05, 3.63) is 59.9 Å². The Kier molecular flexibility index (Phi) is 7.72. The third-order valence-electron chi connectivity index (χ3n) is 5.31. The van der Waals surface area contributed by atoms with Gasteiger partial charge in [0.25, 0.3) is 0 Å². The predicted molar refractivity (Wildman–Crippen MR) is 122 cm³/mol. The Bertz CT molecular complexity index is 894. The van der Waals surface area contributed by atoms with Crippen LogP contribution >= 0.6 is 0 Å². The van der Waals surface area contributed by atoms with Gasteiger partial charge in [0.15, 0.2) is 0 Å². The standard InChI is InChI=1S/C25H33N3O4/c1-18(20-9-11-22(12-10-20)31-17-19-7-5-13-26-15-19)27-23(29)21-8-6-14-28(16-21)24(30)32-25(2,3)4/h5,7,9-13,15,18,21H,6,8,14,16-17H2,1-4H3,(H,27,29). The highest BCUT2D eigenvalue weighted by molar-refractivity contribution is 5.80. The summed E-state index contributed by atoms with van der Waals surface area (Å²) in [7, 11) is 0.